The van der Waals surface area contributed by atoms with Gasteiger partial charge in [-0.15, -0.1) is 0 Å². The van der Waals surface area contributed by atoms with E-state index in [2.05, 4.69) is 5.32 Å². The largest absolute Gasteiger partial charge is 0.353 e. The first-order chi connectivity index (χ1) is 9.20. The summed E-state index contributed by atoms with van der Waals surface area (Å²) in [7, 11) is 0. The molecule has 2 aromatic carbocycles. The fraction of sp³-hybridized carbons (Fsp3) is 0.133. The van der Waals surface area contributed by atoms with Gasteiger partial charge in [0.05, 0.1) is 22.6 Å². The molecule has 0 spiro atoms. The van der Waals surface area contributed by atoms with E-state index < -0.39 is 0 Å². The van der Waals surface area contributed by atoms with Crippen molar-refractivity contribution in [3.05, 3.63) is 53.1 Å². The van der Waals surface area contributed by atoms with E-state index in [9.17, 15) is 4.79 Å². The standard InChI is InChI=1S/C15H13ClN2O/c1-2-18-14-8-7-10(16)9-13(14)17-12-6-4-3-5-11(12)15(18)19/h3-9,17H,2H2,1H3. The molecule has 0 radical (unpaired) electrons. The molecule has 0 saturated heterocycles. The Labute approximate surface area is 116 Å². The van der Waals surface area contributed by atoms with Gasteiger partial charge < -0.3 is 10.2 Å². The summed E-state index contributed by atoms with van der Waals surface area (Å²) < 4.78 is 0. The summed E-state index contributed by atoms with van der Waals surface area (Å²) in [5.41, 5.74) is 3.20. The number of benzene rings is 2. The molecule has 1 aliphatic rings. The maximum Gasteiger partial charge on any atom is 0.260 e. The second-order valence-corrected chi connectivity index (χ2v) is 4.82. The first-order valence-electron chi connectivity index (χ1n) is 6.18. The summed E-state index contributed by atoms with van der Waals surface area (Å²) in [6.45, 7) is 2.58. The van der Waals surface area contributed by atoms with E-state index in [4.69, 9.17) is 11.6 Å². The molecule has 0 aliphatic carbocycles. The molecule has 1 aliphatic heterocycles. The lowest BCUT2D eigenvalue weighted by molar-refractivity contribution is 0.0990. The summed E-state index contributed by atoms with van der Waals surface area (Å²) in [4.78, 5) is 14.3. The van der Waals surface area contributed by atoms with Gasteiger partial charge in [-0.3, -0.25) is 4.79 Å². The molecule has 1 N–H and O–H groups in total. The third-order valence-electron chi connectivity index (χ3n) is 3.24. The number of carbonyl (C=O) groups is 1. The van der Waals surface area contributed by atoms with E-state index in [1.165, 1.54) is 0 Å². The monoisotopic (exact) mass is 272 g/mol. The number of fused-ring (bicyclic) bond motifs is 2. The van der Waals surface area contributed by atoms with Crippen molar-refractivity contribution in [3.8, 4) is 0 Å². The quantitative estimate of drug-likeness (QED) is 0.849. The molecule has 96 valence electrons. The van der Waals surface area contributed by atoms with Crippen LogP contribution >= 0.6 is 11.6 Å². The highest BCUT2D eigenvalue weighted by molar-refractivity contribution is 6.31. The highest BCUT2D eigenvalue weighted by atomic mass is 35.5. The lowest BCUT2D eigenvalue weighted by Gasteiger charge is -2.20. The van der Waals surface area contributed by atoms with Crippen LogP contribution in [0.1, 0.15) is 17.3 Å². The number of amides is 1. The SMILES string of the molecule is CCN1C(=O)c2ccccc2Nc2cc(Cl)ccc21. The zero-order valence-corrected chi connectivity index (χ0v) is 11.2. The molecule has 1 amide bonds. The van der Waals surface area contributed by atoms with Crippen LogP contribution in [0.25, 0.3) is 0 Å². The third kappa shape index (κ3) is 1.96. The highest BCUT2D eigenvalue weighted by Crippen LogP contribution is 2.36. The lowest BCUT2D eigenvalue weighted by atomic mass is 10.1. The van der Waals surface area contributed by atoms with Gasteiger partial charge >= 0.3 is 0 Å². The van der Waals surface area contributed by atoms with E-state index in [0.717, 1.165) is 17.1 Å². The maximum absolute atomic E-state index is 12.6. The van der Waals surface area contributed by atoms with E-state index in [0.29, 0.717) is 17.1 Å². The number of para-hydroxylation sites is 1. The number of carbonyl (C=O) groups excluding carboxylic acids is 1. The van der Waals surface area contributed by atoms with E-state index >= 15 is 0 Å². The van der Waals surface area contributed by atoms with Gasteiger partial charge in [0.25, 0.3) is 5.91 Å². The molecule has 1 heterocycles. The predicted molar refractivity (Wildman–Crippen MR) is 78.5 cm³/mol. The molecule has 3 rings (SSSR count). The Bertz CT molecular complexity index is 654. The van der Waals surface area contributed by atoms with Crippen molar-refractivity contribution >= 4 is 34.6 Å². The number of nitrogens with zero attached hydrogens (tertiary/aromatic N) is 1. The van der Waals surface area contributed by atoms with Crippen LogP contribution in [0.3, 0.4) is 0 Å². The molecule has 19 heavy (non-hydrogen) atoms. The van der Waals surface area contributed by atoms with Crippen molar-refractivity contribution in [1.29, 1.82) is 0 Å². The fourth-order valence-electron chi connectivity index (χ4n) is 2.34. The van der Waals surface area contributed by atoms with Crippen molar-refractivity contribution in [2.75, 3.05) is 16.8 Å². The normalized spacial score (nSPS) is 13.4. The van der Waals surface area contributed by atoms with Crippen LogP contribution in [0.2, 0.25) is 5.02 Å². The summed E-state index contributed by atoms with van der Waals surface area (Å²) in [5.74, 6) is 0.00618. The van der Waals surface area contributed by atoms with Crippen LogP contribution in [0.5, 0.6) is 0 Å². The molecule has 0 atom stereocenters. The molecule has 0 aromatic heterocycles. The first kappa shape index (κ1) is 12.1. The van der Waals surface area contributed by atoms with Crippen molar-refractivity contribution in [2.24, 2.45) is 0 Å². The molecule has 0 saturated carbocycles. The van der Waals surface area contributed by atoms with Crippen LogP contribution in [0, 0.1) is 0 Å². The zero-order chi connectivity index (χ0) is 13.4. The molecule has 4 heteroatoms. The summed E-state index contributed by atoms with van der Waals surface area (Å²) in [5, 5.41) is 3.94. The Morgan fingerprint density at radius 2 is 1.95 bits per heavy atom. The second-order valence-electron chi connectivity index (χ2n) is 4.38. The number of nitrogens with one attached hydrogen (secondary N) is 1. The van der Waals surface area contributed by atoms with Gasteiger partial charge in [-0.2, -0.15) is 0 Å². The number of hydrogen-bond donors (Lipinski definition) is 1. The van der Waals surface area contributed by atoms with Crippen molar-refractivity contribution in [1.82, 2.24) is 0 Å². The van der Waals surface area contributed by atoms with Gasteiger partial charge in [-0.1, -0.05) is 23.7 Å². The van der Waals surface area contributed by atoms with Gasteiger partial charge in [0.15, 0.2) is 0 Å². The maximum atomic E-state index is 12.6. The topological polar surface area (TPSA) is 32.3 Å². The van der Waals surface area contributed by atoms with E-state index in [1.54, 1.807) is 11.0 Å². The number of anilines is 3. The summed E-state index contributed by atoms with van der Waals surface area (Å²) >= 11 is 6.04. The summed E-state index contributed by atoms with van der Waals surface area (Å²) in [6, 6.07) is 13.0. The first-order valence-corrected chi connectivity index (χ1v) is 6.56. The van der Waals surface area contributed by atoms with Crippen LogP contribution in [0.4, 0.5) is 17.1 Å². The molecule has 0 bridgehead atoms. The minimum atomic E-state index is 0.00618. The Kier molecular flexibility index (Phi) is 2.91. The second kappa shape index (κ2) is 4.59. The Morgan fingerprint density at radius 3 is 2.74 bits per heavy atom. The highest BCUT2D eigenvalue weighted by Gasteiger charge is 2.25. The van der Waals surface area contributed by atoms with Gasteiger partial charge in [0.2, 0.25) is 0 Å². The number of halogens is 1. The Balaban J connectivity index is 2.24. The Hall–Kier alpha value is -2.00. The van der Waals surface area contributed by atoms with E-state index in [-0.39, 0.29) is 5.91 Å². The minimum absolute atomic E-state index is 0.00618. The van der Waals surface area contributed by atoms with Gasteiger partial charge in [-0.05, 0) is 37.3 Å². The van der Waals surface area contributed by atoms with Gasteiger partial charge in [0.1, 0.15) is 0 Å². The zero-order valence-electron chi connectivity index (χ0n) is 10.5. The minimum Gasteiger partial charge on any atom is -0.353 e. The molecule has 3 nitrogen and oxygen atoms in total. The smallest absolute Gasteiger partial charge is 0.260 e. The third-order valence-corrected chi connectivity index (χ3v) is 3.47. The molecular weight excluding hydrogens is 260 g/mol. The molecule has 2 aromatic rings. The van der Waals surface area contributed by atoms with Crippen LogP contribution in [-0.2, 0) is 0 Å². The summed E-state index contributed by atoms with van der Waals surface area (Å²) in [6.07, 6.45) is 0. The molecule has 0 unspecified atom stereocenters. The van der Waals surface area contributed by atoms with Gasteiger partial charge in [0, 0.05) is 11.6 Å². The van der Waals surface area contributed by atoms with Crippen LogP contribution in [-0.4, -0.2) is 12.5 Å². The van der Waals surface area contributed by atoms with Crippen LogP contribution in [0.15, 0.2) is 42.5 Å². The molecular formula is C15H13ClN2O. The average Bonchev–Trinajstić information content (AvgIpc) is 2.53. The fourth-order valence-corrected chi connectivity index (χ4v) is 2.51. The number of hydrogen-bond acceptors (Lipinski definition) is 2. The molecule has 0 fully saturated rings. The number of rotatable bonds is 1. The van der Waals surface area contributed by atoms with Crippen LogP contribution < -0.4 is 10.2 Å². The van der Waals surface area contributed by atoms with Crippen molar-refractivity contribution < 1.29 is 4.79 Å². The lowest BCUT2D eigenvalue weighted by Crippen LogP contribution is -2.29. The predicted octanol–water partition coefficient (Wildman–Crippen LogP) is 4.06. The Morgan fingerprint density at radius 1 is 1.16 bits per heavy atom. The average molecular weight is 273 g/mol. The van der Waals surface area contributed by atoms with Gasteiger partial charge in [-0.25, -0.2) is 0 Å². The van der Waals surface area contributed by atoms with Crippen molar-refractivity contribution in [2.45, 2.75) is 6.92 Å². The van der Waals surface area contributed by atoms with E-state index in [1.807, 2.05) is 43.3 Å². The van der Waals surface area contributed by atoms with Crippen molar-refractivity contribution in [3.63, 3.8) is 0 Å².